The number of allylic oxidation sites excluding steroid dienone is 10. The van der Waals surface area contributed by atoms with E-state index in [0.29, 0.717) is 19.3 Å². The molecule has 0 N–H and O–H groups in total. The minimum atomic E-state index is -0.796. The van der Waals surface area contributed by atoms with Crippen molar-refractivity contribution < 1.29 is 28.6 Å². The van der Waals surface area contributed by atoms with Gasteiger partial charge < -0.3 is 14.2 Å². The van der Waals surface area contributed by atoms with Gasteiger partial charge in [0.15, 0.2) is 6.10 Å². The average molecular weight is 966 g/mol. The molecule has 0 rings (SSSR count). The van der Waals surface area contributed by atoms with Gasteiger partial charge in [-0.25, -0.2) is 0 Å². The van der Waals surface area contributed by atoms with E-state index in [-0.39, 0.29) is 37.5 Å². The van der Waals surface area contributed by atoms with E-state index >= 15 is 0 Å². The lowest BCUT2D eigenvalue weighted by molar-refractivity contribution is -0.167. The Morgan fingerprint density at radius 1 is 0.290 bits per heavy atom. The van der Waals surface area contributed by atoms with Crippen molar-refractivity contribution in [1.82, 2.24) is 0 Å². The number of ether oxygens (including phenoxy) is 3. The molecule has 0 saturated carbocycles. The molecule has 1 atom stereocenters. The van der Waals surface area contributed by atoms with Crippen LogP contribution in [-0.2, 0) is 28.6 Å². The summed E-state index contributed by atoms with van der Waals surface area (Å²) in [5, 5.41) is 0. The molecule has 0 aromatic carbocycles. The van der Waals surface area contributed by atoms with Crippen LogP contribution >= 0.6 is 0 Å². The third-order valence-corrected chi connectivity index (χ3v) is 13.0. The molecule has 6 nitrogen and oxygen atoms in total. The number of hydrogen-bond acceptors (Lipinski definition) is 6. The molecule has 0 amide bonds. The maximum atomic E-state index is 12.9. The number of unbranched alkanes of at least 4 members (excludes halogenated alkanes) is 33. The third-order valence-electron chi connectivity index (χ3n) is 13.0. The van der Waals surface area contributed by atoms with E-state index in [1.54, 1.807) is 0 Å². The highest BCUT2D eigenvalue weighted by atomic mass is 16.6. The van der Waals surface area contributed by atoms with Crippen LogP contribution in [0.2, 0.25) is 0 Å². The molecule has 0 fully saturated rings. The molecule has 69 heavy (non-hydrogen) atoms. The first kappa shape index (κ1) is 66.1. The number of carbonyl (C=O) groups excluding carboxylic acids is 3. The van der Waals surface area contributed by atoms with Crippen molar-refractivity contribution in [3.63, 3.8) is 0 Å². The fourth-order valence-corrected chi connectivity index (χ4v) is 8.49. The van der Waals surface area contributed by atoms with Gasteiger partial charge >= 0.3 is 17.9 Å². The van der Waals surface area contributed by atoms with Crippen molar-refractivity contribution in [1.29, 1.82) is 0 Å². The molecule has 0 aliphatic rings. The predicted molar refractivity (Wildman–Crippen MR) is 298 cm³/mol. The third kappa shape index (κ3) is 55.9. The van der Waals surface area contributed by atoms with Crippen LogP contribution in [0.3, 0.4) is 0 Å². The van der Waals surface area contributed by atoms with Crippen LogP contribution in [0, 0.1) is 0 Å². The van der Waals surface area contributed by atoms with Crippen LogP contribution < -0.4 is 0 Å². The van der Waals surface area contributed by atoms with E-state index in [0.717, 1.165) is 64.2 Å². The van der Waals surface area contributed by atoms with Crippen molar-refractivity contribution in [2.75, 3.05) is 13.2 Å². The number of esters is 3. The molecule has 0 heterocycles. The molecule has 0 aromatic rings. The number of rotatable bonds is 54. The van der Waals surface area contributed by atoms with Gasteiger partial charge in [0.2, 0.25) is 0 Å². The molecule has 0 aliphatic heterocycles. The lowest BCUT2D eigenvalue weighted by Gasteiger charge is -2.18. The summed E-state index contributed by atoms with van der Waals surface area (Å²) in [7, 11) is 0. The van der Waals surface area contributed by atoms with Crippen molar-refractivity contribution in [3.05, 3.63) is 60.8 Å². The van der Waals surface area contributed by atoms with E-state index in [1.165, 1.54) is 193 Å². The summed E-state index contributed by atoms with van der Waals surface area (Å²) in [5.41, 5.74) is 0. The highest BCUT2D eigenvalue weighted by molar-refractivity contribution is 5.71. The highest BCUT2D eigenvalue weighted by Crippen LogP contribution is 2.16. The Balaban J connectivity index is 4.44. The van der Waals surface area contributed by atoms with Gasteiger partial charge in [-0.3, -0.25) is 14.4 Å². The zero-order valence-electron chi connectivity index (χ0n) is 45.8. The van der Waals surface area contributed by atoms with E-state index in [9.17, 15) is 14.4 Å². The quantitative estimate of drug-likeness (QED) is 0.0262. The van der Waals surface area contributed by atoms with E-state index in [1.807, 2.05) is 0 Å². The molecule has 400 valence electrons. The first-order chi connectivity index (χ1) is 34.0. The van der Waals surface area contributed by atoms with Gasteiger partial charge in [0.25, 0.3) is 0 Å². The van der Waals surface area contributed by atoms with E-state index in [4.69, 9.17) is 14.2 Å². The van der Waals surface area contributed by atoms with E-state index < -0.39 is 6.10 Å². The van der Waals surface area contributed by atoms with Gasteiger partial charge in [-0.2, -0.15) is 0 Å². The first-order valence-electron chi connectivity index (χ1n) is 29.8. The fraction of sp³-hybridized carbons (Fsp3) is 0.794. The Hall–Kier alpha value is -2.89. The molecule has 0 radical (unpaired) electrons. The fourth-order valence-electron chi connectivity index (χ4n) is 8.49. The van der Waals surface area contributed by atoms with Crippen LogP contribution in [-0.4, -0.2) is 37.2 Å². The van der Waals surface area contributed by atoms with Crippen molar-refractivity contribution in [2.24, 2.45) is 0 Å². The van der Waals surface area contributed by atoms with Gasteiger partial charge in [0.1, 0.15) is 13.2 Å². The van der Waals surface area contributed by atoms with Gasteiger partial charge in [0.05, 0.1) is 0 Å². The van der Waals surface area contributed by atoms with Crippen LogP contribution in [0.5, 0.6) is 0 Å². The average Bonchev–Trinajstić information content (AvgIpc) is 3.35. The summed E-state index contributed by atoms with van der Waals surface area (Å²) in [6, 6.07) is 0. The predicted octanol–water partition coefficient (Wildman–Crippen LogP) is 20.0. The van der Waals surface area contributed by atoms with Crippen molar-refractivity contribution in [3.8, 4) is 0 Å². The normalized spacial score (nSPS) is 12.4. The van der Waals surface area contributed by atoms with Crippen LogP contribution in [0.1, 0.15) is 303 Å². The summed E-state index contributed by atoms with van der Waals surface area (Å²) in [6.45, 7) is 6.59. The second-order valence-electron chi connectivity index (χ2n) is 19.9. The maximum absolute atomic E-state index is 12.9. The second-order valence-corrected chi connectivity index (χ2v) is 19.9. The molecular weight excluding hydrogens is 853 g/mol. The van der Waals surface area contributed by atoms with E-state index in [2.05, 4.69) is 81.5 Å². The van der Waals surface area contributed by atoms with Crippen LogP contribution in [0.25, 0.3) is 0 Å². The summed E-state index contributed by atoms with van der Waals surface area (Å²) >= 11 is 0. The Morgan fingerprint density at radius 2 is 0.536 bits per heavy atom. The standard InChI is InChI=1S/C63H112O6/c1-4-7-10-13-16-19-22-25-28-31-34-37-40-43-46-49-52-55-61(64)67-58-60(69-63(66)57-54-51-48-45-42-39-36-33-30-27-24-21-18-15-12-9-6-3)59-68-62(65)56-53-50-47-44-41-38-35-32-29-26-23-20-17-14-11-8-5-2/h16,19,25-26,28-29,34,37,43,46,60H,4-15,17-18,20-24,27,30-33,35-36,38-42,44-45,47-59H2,1-3H3/b19-16-,28-25-,29-26-,37-34-,46-43-/t60-/m1/s1. The van der Waals surface area contributed by atoms with Crippen molar-refractivity contribution >= 4 is 17.9 Å². The van der Waals surface area contributed by atoms with Gasteiger partial charge in [0, 0.05) is 19.3 Å². The summed E-state index contributed by atoms with van der Waals surface area (Å²) in [4.78, 5) is 38.2. The molecule has 0 aliphatic carbocycles. The summed E-state index contributed by atoms with van der Waals surface area (Å²) in [6.07, 6.45) is 72.1. The summed E-state index contributed by atoms with van der Waals surface area (Å²) in [5.74, 6) is -0.938. The minimum absolute atomic E-state index is 0.0907. The molecule has 0 aromatic heterocycles. The highest BCUT2D eigenvalue weighted by Gasteiger charge is 2.19. The minimum Gasteiger partial charge on any atom is -0.462 e. The number of carbonyl (C=O) groups is 3. The molecular formula is C63H112O6. The Kier molecular flexibility index (Phi) is 55.3. The van der Waals surface area contributed by atoms with Crippen molar-refractivity contribution in [2.45, 2.75) is 309 Å². The maximum Gasteiger partial charge on any atom is 0.306 e. The second kappa shape index (κ2) is 57.7. The van der Waals surface area contributed by atoms with Gasteiger partial charge in [-0.05, 0) is 83.5 Å². The SMILES string of the molecule is CCCCC/C=C\C/C=C\C/C=C\C/C=C\CCCC(=O)OC[C@H](COC(=O)CCCCCCCCC/C=C\CCCCCCCC)OC(=O)CCCCCCCCCCCCCCCCCCC. The largest absolute Gasteiger partial charge is 0.462 e. The Morgan fingerprint density at radius 3 is 0.913 bits per heavy atom. The molecule has 0 unspecified atom stereocenters. The Labute approximate surface area is 428 Å². The molecule has 0 bridgehead atoms. The smallest absolute Gasteiger partial charge is 0.306 e. The van der Waals surface area contributed by atoms with Crippen LogP contribution in [0.15, 0.2) is 60.8 Å². The van der Waals surface area contributed by atoms with Crippen LogP contribution in [0.4, 0.5) is 0 Å². The first-order valence-corrected chi connectivity index (χ1v) is 29.8. The Bertz CT molecular complexity index is 1250. The lowest BCUT2D eigenvalue weighted by atomic mass is 10.0. The van der Waals surface area contributed by atoms with Gasteiger partial charge in [-0.15, -0.1) is 0 Å². The summed E-state index contributed by atoms with van der Waals surface area (Å²) < 4.78 is 16.8. The monoisotopic (exact) mass is 965 g/mol. The number of hydrogen-bond donors (Lipinski definition) is 0. The molecule has 0 spiro atoms. The zero-order valence-corrected chi connectivity index (χ0v) is 45.8. The zero-order chi connectivity index (χ0) is 50.0. The molecule has 0 saturated heterocycles. The molecule has 6 heteroatoms. The lowest BCUT2D eigenvalue weighted by Crippen LogP contribution is -2.30. The van der Waals surface area contributed by atoms with Gasteiger partial charge in [-0.1, -0.05) is 261 Å². The topological polar surface area (TPSA) is 78.9 Å².